The van der Waals surface area contributed by atoms with Gasteiger partial charge < -0.3 is 0 Å². The van der Waals surface area contributed by atoms with E-state index < -0.39 is 0 Å². The highest BCUT2D eigenvalue weighted by Crippen LogP contribution is 2.19. The van der Waals surface area contributed by atoms with Crippen molar-refractivity contribution in [3.05, 3.63) is 22.8 Å². The van der Waals surface area contributed by atoms with Crippen LogP contribution in [-0.2, 0) is 0 Å². The molecule has 0 saturated heterocycles. The molecule has 0 amide bonds. The second-order valence-electron chi connectivity index (χ2n) is 2.85. The fraction of sp³-hybridized carbons (Fsp3) is 0.500. The van der Waals surface area contributed by atoms with Crippen molar-refractivity contribution < 1.29 is 0 Å². The Morgan fingerprint density at radius 1 is 1.38 bits per heavy atom. The normalized spacial score (nSPS) is 10.3. The molecule has 13 heavy (non-hydrogen) atoms. The summed E-state index contributed by atoms with van der Waals surface area (Å²) in [6.45, 7) is 2.22. The number of aromatic nitrogens is 1. The molecule has 3 heteroatoms. The summed E-state index contributed by atoms with van der Waals surface area (Å²) in [4.78, 5) is 4.35. The third-order valence-corrected chi connectivity index (χ3v) is 3.14. The third-order valence-electron chi connectivity index (χ3n) is 1.69. The lowest BCUT2D eigenvalue weighted by Crippen LogP contribution is -1.83. The van der Waals surface area contributed by atoms with Gasteiger partial charge in [0.1, 0.15) is 4.60 Å². The molecule has 0 unspecified atom stereocenters. The SMILES string of the molecule is CCCCCSc1cccc(Br)n1. The Kier molecular flexibility index (Phi) is 5.47. The van der Waals surface area contributed by atoms with Crippen LogP contribution in [-0.4, -0.2) is 10.7 Å². The molecule has 0 aliphatic carbocycles. The molecule has 1 aromatic rings. The van der Waals surface area contributed by atoms with Gasteiger partial charge in [-0.1, -0.05) is 25.8 Å². The van der Waals surface area contributed by atoms with Crippen LogP contribution in [0, 0.1) is 0 Å². The average Bonchev–Trinajstić information content (AvgIpc) is 2.13. The number of halogens is 1. The van der Waals surface area contributed by atoms with Gasteiger partial charge in [0, 0.05) is 0 Å². The fourth-order valence-corrected chi connectivity index (χ4v) is 2.36. The standard InChI is InChI=1S/C10H14BrNS/c1-2-3-4-8-13-10-7-5-6-9(11)12-10/h5-7H,2-4,8H2,1H3. The van der Waals surface area contributed by atoms with Gasteiger partial charge >= 0.3 is 0 Å². The first-order chi connectivity index (χ1) is 6.33. The number of unbranched alkanes of at least 4 members (excludes halogenated alkanes) is 2. The van der Waals surface area contributed by atoms with Crippen molar-refractivity contribution in [2.75, 3.05) is 5.75 Å². The van der Waals surface area contributed by atoms with Crippen molar-refractivity contribution in [1.82, 2.24) is 4.98 Å². The Balaban J connectivity index is 2.28. The monoisotopic (exact) mass is 259 g/mol. The summed E-state index contributed by atoms with van der Waals surface area (Å²) in [6, 6.07) is 6.04. The van der Waals surface area contributed by atoms with E-state index >= 15 is 0 Å². The summed E-state index contributed by atoms with van der Waals surface area (Å²) in [5.41, 5.74) is 0. The zero-order valence-electron chi connectivity index (χ0n) is 7.79. The molecule has 0 saturated carbocycles. The summed E-state index contributed by atoms with van der Waals surface area (Å²) < 4.78 is 0.924. The Labute approximate surface area is 92.5 Å². The predicted octanol–water partition coefficient (Wildman–Crippen LogP) is 4.13. The van der Waals surface area contributed by atoms with Crippen LogP contribution < -0.4 is 0 Å². The molecule has 0 radical (unpaired) electrons. The molecular formula is C10H14BrNS. The number of hydrogen-bond donors (Lipinski definition) is 0. The van der Waals surface area contributed by atoms with E-state index in [0.717, 1.165) is 9.63 Å². The lowest BCUT2D eigenvalue weighted by atomic mass is 10.3. The number of hydrogen-bond acceptors (Lipinski definition) is 2. The average molecular weight is 260 g/mol. The molecule has 0 spiro atoms. The number of nitrogens with zero attached hydrogens (tertiary/aromatic N) is 1. The van der Waals surface area contributed by atoms with Crippen LogP contribution in [0.15, 0.2) is 27.8 Å². The van der Waals surface area contributed by atoms with Crippen LogP contribution >= 0.6 is 27.7 Å². The van der Waals surface area contributed by atoms with Crippen molar-refractivity contribution in [2.24, 2.45) is 0 Å². The summed E-state index contributed by atoms with van der Waals surface area (Å²) in [5, 5.41) is 1.12. The van der Waals surface area contributed by atoms with Crippen molar-refractivity contribution in [3.63, 3.8) is 0 Å². The van der Waals surface area contributed by atoms with E-state index in [1.165, 1.54) is 25.0 Å². The predicted molar refractivity (Wildman–Crippen MR) is 62.2 cm³/mol. The summed E-state index contributed by atoms with van der Waals surface area (Å²) in [7, 11) is 0. The van der Waals surface area contributed by atoms with E-state index in [0.29, 0.717) is 0 Å². The first kappa shape index (κ1) is 11.1. The van der Waals surface area contributed by atoms with Gasteiger partial charge in [-0.25, -0.2) is 4.98 Å². The van der Waals surface area contributed by atoms with Gasteiger partial charge in [0.15, 0.2) is 0 Å². The molecule has 0 atom stereocenters. The lowest BCUT2D eigenvalue weighted by Gasteiger charge is -1.99. The molecule has 1 rings (SSSR count). The van der Waals surface area contributed by atoms with Gasteiger partial charge in [-0.3, -0.25) is 0 Å². The Hall–Kier alpha value is -0.0200. The molecule has 72 valence electrons. The van der Waals surface area contributed by atoms with Gasteiger partial charge in [-0.15, -0.1) is 11.8 Å². The second kappa shape index (κ2) is 6.44. The van der Waals surface area contributed by atoms with Crippen molar-refractivity contribution in [3.8, 4) is 0 Å². The fourth-order valence-electron chi connectivity index (χ4n) is 0.999. The summed E-state index contributed by atoms with van der Waals surface area (Å²) >= 11 is 5.19. The molecule has 1 heterocycles. The van der Waals surface area contributed by atoms with Crippen molar-refractivity contribution >= 4 is 27.7 Å². The third kappa shape index (κ3) is 4.67. The lowest BCUT2D eigenvalue weighted by molar-refractivity contribution is 0.778. The Bertz CT molecular complexity index is 252. The summed E-state index contributed by atoms with van der Waals surface area (Å²) in [6.07, 6.45) is 3.89. The zero-order valence-corrected chi connectivity index (χ0v) is 10.2. The Morgan fingerprint density at radius 2 is 2.23 bits per heavy atom. The largest absolute Gasteiger partial charge is 0.235 e. The molecule has 0 bridgehead atoms. The maximum Gasteiger partial charge on any atom is 0.107 e. The molecular weight excluding hydrogens is 246 g/mol. The van der Waals surface area contributed by atoms with Crippen LogP contribution in [0.5, 0.6) is 0 Å². The van der Waals surface area contributed by atoms with E-state index in [1.807, 2.05) is 23.9 Å². The zero-order chi connectivity index (χ0) is 9.52. The van der Waals surface area contributed by atoms with Crippen molar-refractivity contribution in [2.45, 2.75) is 31.2 Å². The van der Waals surface area contributed by atoms with E-state index in [4.69, 9.17) is 0 Å². The first-order valence-corrected chi connectivity index (χ1v) is 6.36. The first-order valence-electron chi connectivity index (χ1n) is 4.58. The van der Waals surface area contributed by atoms with Gasteiger partial charge in [0.05, 0.1) is 5.03 Å². The van der Waals surface area contributed by atoms with Gasteiger partial charge in [0.2, 0.25) is 0 Å². The van der Waals surface area contributed by atoms with Crippen LogP contribution in [0.2, 0.25) is 0 Å². The van der Waals surface area contributed by atoms with Crippen molar-refractivity contribution in [1.29, 1.82) is 0 Å². The molecule has 1 nitrogen and oxygen atoms in total. The maximum absolute atomic E-state index is 4.35. The van der Waals surface area contributed by atoms with Gasteiger partial charge in [-0.2, -0.15) is 0 Å². The maximum atomic E-state index is 4.35. The summed E-state index contributed by atoms with van der Waals surface area (Å²) in [5.74, 6) is 1.18. The second-order valence-corrected chi connectivity index (χ2v) is 4.78. The highest BCUT2D eigenvalue weighted by Gasteiger charge is 1.95. The van der Waals surface area contributed by atoms with E-state index in [9.17, 15) is 0 Å². The number of thioether (sulfide) groups is 1. The van der Waals surface area contributed by atoms with Gasteiger partial charge in [0.25, 0.3) is 0 Å². The molecule has 0 fully saturated rings. The minimum atomic E-state index is 0.924. The minimum absolute atomic E-state index is 0.924. The van der Waals surface area contributed by atoms with E-state index in [2.05, 4.69) is 33.9 Å². The topological polar surface area (TPSA) is 12.9 Å². The Morgan fingerprint density at radius 3 is 2.92 bits per heavy atom. The molecule has 0 aliphatic heterocycles. The highest BCUT2D eigenvalue weighted by atomic mass is 79.9. The van der Waals surface area contributed by atoms with E-state index in [1.54, 1.807) is 0 Å². The molecule has 1 aromatic heterocycles. The number of pyridine rings is 1. The van der Waals surface area contributed by atoms with Crippen LogP contribution in [0.4, 0.5) is 0 Å². The van der Waals surface area contributed by atoms with Crippen LogP contribution in [0.3, 0.4) is 0 Å². The molecule has 0 aliphatic rings. The van der Waals surface area contributed by atoms with Crippen LogP contribution in [0.1, 0.15) is 26.2 Å². The minimum Gasteiger partial charge on any atom is -0.235 e. The quantitative estimate of drug-likeness (QED) is 0.448. The van der Waals surface area contributed by atoms with Gasteiger partial charge in [-0.05, 0) is 40.2 Å². The molecule has 0 N–H and O–H groups in total. The van der Waals surface area contributed by atoms with Crippen LogP contribution in [0.25, 0.3) is 0 Å². The smallest absolute Gasteiger partial charge is 0.107 e. The highest BCUT2D eigenvalue weighted by molar-refractivity contribution is 9.10. The molecule has 0 aromatic carbocycles. The van der Waals surface area contributed by atoms with E-state index in [-0.39, 0.29) is 0 Å². The number of rotatable bonds is 5.